The molecule has 2 amide bonds. The summed E-state index contributed by atoms with van der Waals surface area (Å²) >= 11 is 0. The minimum Gasteiger partial charge on any atom is -0.340 e. The number of piperazine rings is 1. The van der Waals surface area contributed by atoms with Crippen molar-refractivity contribution >= 4 is 11.8 Å². The van der Waals surface area contributed by atoms with Crippen LogP contribution in [0.1, 0.15) is 52.4 Å². The molecule has 1 aliphatic carbocycles. The number of alkyl halides is 1. The molecule has 108 valence electrons. The van der Waals surface area contributed by atoms with E-state index in [0.29, 0.717) is 25.8 Å². The number of carbonyl (C=O) groups excluding carboxylic acids is 2. The van der Waals surface area contributed by atoms with Gasteiger partial charge in [0.05, 0.1) is 6.67 Å². The van der Waals surface area contributed by atoms with Crippen LogP contribution < -0.4 is 5.32 Å². The zero-order chi connectivity index (χ0) is 14.1. The monoisotopic (exact) mass is 270 g/mol. The number of hydrogen-bond donors (Lipinski definition) is 1. The fraction of sp³-hybridized carbons (Fsp3) is 0.857. The van der Waals surface area contributed by atoms with Crippen molar-refractivity contribution < 1.29 is 14.0 Å². The molecule has 5 heteroatoms. The van der Waals surface area contributed by atoms with Gasteiger partial charge in [0.1, 0.15) is 11.1 Å². The number of amides is 2. The van der Waals surface area contributed by atoms with Crippen LogP contribution in [-0.4, -0.2) is 41.0 Å². The highest BCUT2D eigenvalue weighted by molar-refractivity contribution is 6.01. The van der Waals surface area contributed by atoms with Gasteiger partial charge >= 0.3 is 0 Å². The van der Waals surface area contributed by atoms with Crippen molar-refractivity contribution in [1.82, 2.24) is 10.2 Å². The lowest BCUT2D eigenvalue weighted by Crippen LogP contribution is -2.74. The molecule has 1 N–H and O–H groups in total. The minimum absolute atomic E-state index is 0.0229. The summed E-state index contributed by atoms with van der Waals surface area (Å²) in [7, 11) is 0. The number of rotatable bonds is 3. The van der Waals surface area contributed by atoms with E-state index >= 15 is 0 Å². The fourth-order valence-corrected chi connectivity index (χ4v) is 3.15. The first kappa shape index (κ1) is 14.3. The Labute approximate surface area is 113 Å². The molecule has 1 heterocycles. The summed E-state index contributed by atoms with van der Waals surface area (Å²) in [6.07, 6.45) is 4.74. The van der Waals surface area contributed by atoms with Crippen molar-refractivity contribution in [1.29, 1.82) is 0 Å². The van der Waals surface area contributed by atoms with Gasteiger partial charge in [-0.2, -0.15) is 0 Å². The molecule has 2 rings (SSSR count). The Bertz CT molecular complexity index is 376. The maximum Gasteiger partial charge on any atom is 0.249 e. The number of hydrogen-bond acceptors (Lipinski definition) is 2. The summed E-state index contributed by atoms with van der Waals surface area (Å²) in [5, 5.41) is 2.95. The van der Waals surface area contributed by atoms with Crippen molar-refractivity contribution in [2.45, 2.75) is 63.5 Å². The molecule has 1 aliphatic heterocycles. The second-order valence-corrected chi connectivity index (χ2v) is 6.16. The molecule has 0 bridgehead atoms. The van der Waals surface area contributed by atoms with Crippen molar-refractivity contribution in [2.24, 2.45) is 0 Å². The van der Waals surface area contributed by atoms with Crippen LogP contribution in [0.3, 0.4) is 0 Å². The van der Waals surface area contributed by atoms with Crippen LogP contribution in [0.5, 0.6) is 0 Å². The molecule has 1 saturated carbocycles. The Hall–Kier alpha value is -1.13. The maximum absolute atomic E-state index is 12.8. The molecule has 2 aliphatic rings. The van der Waals surface area contributed by atoms with E-state index in [4.69, 9.17) is 0 Å². The van der Waals surface area contributed by atoms with E-state index in [1.165, 1.54) is 0 Å². The normalized spacial score (nSPS) is 25.5. The highest BCUT2D eigenvalue weighted by Gasteiger charge is 2.54. The second-order valence-electron chi connectivity index (χ2n) is 6.16. The first-order valence-electron chi connectivity index (χ1n) is 7.15. The van der Waals surface area contributed by atoms with Crippen molar-refractivity contribution in [3.63, 3.8) is 0 Å². The summed E-state index contributed by atoms with van der Waals surface area (Å²) in [6, 6.07) is 0. The molecule has 0 atom stereocenters. The van der Waals surface area contributed by atoms with Gasteiger partial charge in [0.25, 0.3) is 0 Å². The van der Waals surface area contributed by atoms with Crippen LogP contribution in [0.2, 0.25) is 0 Å². The molecule has 2 fully saturated rings. The van der Waals surface area contributed by atoms with Gasteiger partial charge in [-0.3, -0.25) is 14.0 Å². The second kappa shape index (κ2) is 5.10. The van der Waals surface area contributed by atoms with Crippen molar-refractivity contribution in [3.8, 4) is 0 Å². The van der Waals surface area contributed by atoms with Gasteiger partial charge < -0.3 is 10.2 Å². The Balaban J connectivity index is 2.26. The standard InChI is InChI=1S/C14H23FN2O2/c1-13(2)11(18)16-14(7-4-3-5-8-14)12(19)17(13)10-6-9-15/h3-10H2,1-2H3,(H,16,18). The third-order valence-corrected chi connectivity index (χ3v) is 4.46. The lowest BCUT2D eigenvalue weighted by Gasteiger charge is -2.51. The van der Waals surface area contributed by atoms with Crippen LogP contribution in [0, 0.1) is 0 Å². The van der Waals surface area contributed by atoms with Gasteiger partial charge in [0.15, 0.2) is 0 Å². The maximum atomic E-state index is 12.8. The highest BCUT2D eigenvalue weighted by atomic mass is 19.1. The Morgan fingerprint density at radius 3 is 2.42 bits per heavy atom. The Kier molecular flexibility index (Phi) is 3.83. The molecular formula is C14H23FN2O2. The van der Waals surface area contributed by atoms with Gasteiger partial charge in [0.2, 0.25) is 11.8 Å². The van der Waals surface area contributed by atoms with E-state index in [9.17, 15) is 14.0 Å². The molecule has 1 spiro atoms. The highest BCUT2D eigenvalue weighted by Crippen LogP contribution is 2.36. The number of nitrogens with one attached hydrogen (secondary N) is 1. The first-order chi connectivity index (χ1) is 8.94. The van der Waals surface area contributed by atoms with E-state index in [1.807, 2.05) is 0 Å². The fourth-order valence-electron chi connectivity index (χ4n) is 3.15. The van der Waals surface area contributed by atoms with Crippen molar-refractivity contribution in [2.75, 3.05) is 13.2 Å². The molecule has 4 nitrogen and oxygen atoms in total. The van der Waals surface area contributed by atoms with Gasteiger partial charge in [0, 0.05) is 6.54 Å². The smallest absolute Gasteiger partial charge is 0.249 e. The molecule has 19 heavy (non-hydrogen) atoms. The lowest BCUT2D eigenvalue weighted by atomic mass is 9.76. The average Bonchev–Trinajstić information content (AvgIpc) is 2.38. The van der Waals surface area contributed by atoms with Gasteiger partial charge in [-0.25, -0.2) is 0 Å². The number of halogens is 1. The third kappa shape index (κ3) is 2.35. The molecule has 1 saturated heterocycles. The summed E-state index contributed by atoms with van der Waals surface area (Å²) < 4.78 is 12.4. The van der Waals surface area contributed by atoms with Crippen LogP contribution in [0.4, 0.5) is 4.39 Å². The molecule has 0 radical (unpaired) electrons. The molecule has 0 unspecified atom stereocenters. The minimum atomic E-state index is -0.880. The van der Waals surface area contributed by atoms with E-state index in [2.05, 4.69) is 5.32 Å². The van der Waals surface area contributed by atoms with Crippen LogP contribution >= 0.6 is 0 Å². The summed E-state index contributed by atoms with van der Waals surface area (Å²) in [4.78, 5) is 26.6. The zero-order valence-corrected chi connectivity index (χ0v) is 11.8. The van der Waals surface area contributed by atoms with Crippen LogP contribution in [0.15, 0.2) is 0 Å². The van der Waals surface area contributed by atoms with E-state index in [0.717, 1.165) is 19.3 Å². The summed E-state index contributed by atoms with van der Waals surface area (Å²) in [5.74, 6) is -0.141. The third-order valence-electron chi connectivity index (χ3n) is 4.46. The summed E-state index contributed by atoms with van der Waals surface area (Å²) in [5.41, 5.74) is -1.60. The first-order valence-corrected chi connectivity index (χ1v) is 7.15. The van der Waals surface area contributed by atoms with Gasteiger partial charge in [-0.1, -0.05) is 19.3 Å². The lowest BCUT2D eigenvalue weighted by molar-refractivity contribution is -0.162. The predicted molar refractivity (Wildman–Crippen MR) is 70.3 cm³/mol. The predicted octanol–water partition coefficient (Wildman–Crippen LogP) is 1.79. The van der Waals surface area contributed by atoms with Crippen LogP contribution in [0.25, 0.3) is 0 Å². The SMILES string of the molecule is CC1(C)C(=O)NC2(CCCCC2)C(=O)N1CCCF. The molecule has 0 aromatic carbocycles. The van der Waals surface area contributed by atoms with Crippen molar-refractivity contribution in [3.05, 3.63) is 0 Å². The van der Waals surface area contributed by atoms with E-state index in [-0.39, 0.29) is 11.8 Å². The molecule has 0 aromatic heterocycles. The largest absolute Gasteiger partial charge is 0.340 e. The number of nitrogens with zero attached hydrogens (tertiary/aromatic N) is 1. The topological polar surface area (TPSA) is 49.4 Å². The zero-order valence-electron chi connectivity index (χ0n) is 11.8. The van der Waals surface area contributed by atoms with Gasteiger partial charge in [-0.05, 0) is 33.1 Å². The molecule has 0 aromatic rings. The molecular weight excluding hydrogens is 247 g/mol. The van der Waals surface area contributed by atoms with Crippen LogP contribution in [-0.2, 0) is 9.59 Å². The van der Waals surface area contributed by atoms with E-state index in [1.54, 1.807) is 18.7 Å². The van der Waals surface area contributed by atoms with E-state index < -0.39 is 17.8 Å². The quantitative estimate of drug-likeness (QED) is 0.850. The Morgan fingerprint density at radius 1 is 1.21 bits per heavy atom. The Morgan fingerprint density at radius 2 is 1.84 bits per heavy atom. The summed E-state index contributed by atoms with van der Waals surface area (Å²) in [6.45, 7) is 3.31. The number of carbonyl (C=O) groups is 2. The van der Waals surface area contributed by atoms with Gasteiger partial charge in [-0.15, -0.1) is 0 Å². The average molecular weight is 270 g/mol.